The van der Waals surface area contributed by atoms with Crippen LogP contribution in [0.1, 0.15) is 11.1 Å². The maximum absolute atomic E-state index is 13.3. The molecule has 2 heterocycles. The van der Waals surface area contributed by atoms with Crippen LogP contribution >= 0.6 is 11.3 Å². The number of nitrogens with zero attached hydrogens (tertiary/aromatic N) is 1. The molecule has 5 aromatic rings. The Hall–Kier alpha value is -3.53. The van der Waals surface area contributed by atoms with Crippen molar-refractivity contribution in [2.45, 2.75) is 24.3 Å². The van der Waals surface area contributed by atoms with Gasteiger partial charge in [0.2, 0.25) is 15.9 Å². The highest BCUT2D eigenvalue weighted by Crippen LogP contribution is 2.26. The van der Waals surface area contributed by atoms with Gasteiger partial charge in [0.05, 0.1) is 15.1 Å². The van der Waals surface area contributed by atoms with Crippen LogP contribution in [-0.2, 0) is 21.2 Å². The molecule has 3 aromatic carbocycles. The molecule has 172 valence electrons. The van der Waals surface area contributed by atoms with E-state index in [1.165, 1.54) is 23.5 Å². The van der Waals surface area contributed by atoms with Gasteiger partial charge in [-0.05, 0) is 49.2 Å². The lowest BCUT2D eigenvalue weighted by Crippen LogP contribution is -2.45. The Bertz CT molecular complexity index is 1550. The van der Waals surface area contributed by atoms with Gasteiger partial charge >= 0.3 is 0 Å². The van der Waals surface area contributed by atoms with Gasteiger partial charge in [-0.3, -0.25) is 4.79 Å². The first-order valence-corrected chi connectivity index (χ1v) is 13.0. The number of H-pyrrole nitrogens is 1. The standard InChI is InChI=1S/C25H22N4O3S2/c1-16-10-12-18(13-11-16)34(31,32)29-22(14-17-15-26-20-7-3-2-6-19(17)20)24(30)28-25-27-21-8-4-5-9-23(21)33-25/h2-13,15,22,26,29H,14H2,1H3,(H,27,28,30)/t22-/m0/s1. The van der Waals surface area contributed by atoms with E-state index in [4.69, 9.17) is 0 Å². The molecule has 34 heavy (non-hydrogen) atoms. The number of nitrogens with one attached hydrogen (secondary N) is 3. The molecule has 9 heteroatoms. The first-order chi connectivity index (χ1) is 16.4. The summed E-state index contributed by atoms with van der Waals surface area (Å²) in [4.78, 5) is 21.1. The number of aromatic nitrogens is 2. The molecule has 7 nitrogen and oxygen atoms in total. The van der Waals surface area contributed by atoms with Crippen LogP contribution in [0, 0.1) is 6.92 Å². The molecule has 0 aliphatic carbocycles. The summed E-state index contributed by atoms with van der Waals surface area (Å²) in [7, 11) is -3.93. The summed E-state index contributed by atoms with van der Waals surface area (Å²) in [5.74, 6) is -0.472. The van der Waals surface area contributed by atoms with Crippen LogP contribution in [0.25, 0.3) is 21.1 Å². The maximum atomic E-state index is 13.3. The zero-order valence-corrected chi connectivity index (χ0v) is 19.9. The molecule has 0 bridgehead atoms. The number of fused-ring (bicyclic) bond motifs is 2. The number of thiazole rings is 1. The topological polar surface area (TPSA) is 104 Å². The molecule has 1 amide bonds. The monoisotopic (exact) mass is 490 g/mol. The molecule has 2 aromatic heterocycles. The number of sulfonamides is 1. The lowest BCUT2D eigenvalue weighted by atomic mass is 10.1. The summed E-state index contributed by atoms with van der Waals surface area (Å²) in [6, 6.07) is 20.8. The number of para-hydroxylation sites is 2. The lowest BCUT2D eigenvalue weighted by molar-refractivity contribution is -0.117. The van der Waals surface area contributed by atoms with E-state index in [1.807, 2.05) is 61.7 Å². The van der Waals surface area contributed by atoms with Crippen molar-refractivity contribution >= 4 is 53.5 Å². The number of carbonyl (C=O) groups is 1. The van der Waals surface area contributed by atoms with E-state index in [-0.39, 0.29) is 11.3 Å². The number of benzene rings is 3. The van der Waals surface area contributed by atoms with Gasteiger partial charge in [-0.2, -0.15) is 4.72 Å². The smallest absolute Gasteiger partial charge is 0.244 e. The number of hydrogen-bond acceptors (Lipinski definition) is 5. The average Bonchev–Trinajstić information content (AvgIpc) is 3.42. The first kappa shape index (κ1) is 22.3. The molecule has 0 unspecified atom stereocenters. The fourth-order valence-electron chi connectivity index (χ4n) is 3.80. The van der Waals surface area contributed by atoms with Crippen LogP contribution < -0.4 is 10.0 Å². The van der Waals surface area contributed by atoms with Crippen molar-refractivity contribution in [3.05, 3.63) is 90.1 Å². The van der Waals surface area contributed by atoms with Crippen molar-refractivity contribution in [2.75, 3.05) is 5.32 Å². The zero-order valence-electron chi connectivity index (χ0n) is 18.3. The van der Waals surface area contributed by atoms with Crippen LogP contribution in [0.2, 0.25) is 0 Å². The van der Waals surface area contributed by atoms with Gasteiger partial charge in [0.15, 0.2) is 5.13 Å². The van der Waals surface area contributed by atoms with Crippen LogP contribution in [0.5, 0.6) is 0 Å². The maximum Gasteiger partial charge on any atom is 0.244 e. The van der Waals surface area contributed by atoms with E-state index >= 15 is 0 Å². The summed E-state index contributed by atoms with van der Waals surface area (Å²) in [6.45, 7) is 1.88. The molecule has 0 aliphatic heterocycles. The minimum absolute atomic E-state index is 0.106. The summed E-state index contributed by atoms with van der Waals surface area (Å²) in [5, 5.41) is 4.17. The number of rotatable bonds is 7. The number of anilines is 1. The third kappa shape index (κ3) is 4.58. The minimum atomic E-state index is -3.93. The molecule has 0 spiro atoms. The summed E-state index contributed by atoms with van der Waals surface area (Å²) in [6.07, 6.45) is 1.98. The van der Waals surface area contributed by atoms with E-state index in [0.29, 0.717) is 5.13 Å². The van der Waals surface area contributed by atoms with Gasteiger partial charge in [-0.1, -0.05) is 59.4 Å². The van der Waals surface area contributed by atoms with E-state index in [1.54, 1.807) is 12.1 Å². The van der Waals surface area contributed by atoms with E-state index < -0.39 is 22.0 Å². The molecule has 0 saturated carbocycles. The highest BCUT2D eigenvalue weighted by Gasteiger charge is 2.27. The summed E-state index contributed by atoms with van der Waals surface area (Å²) < 4.78 is 29.8. The third-order valence-electron chi connectivity index (χ3n) is 5.57. The number of aryl methyl sites for hydroxylation is 1. The van der Waals surface area contributed by atoms with Gasteiger partial charge < -0.3 is 10.3 Å². The van der Waals surface area contributed by atoms with E-state index in [9.17, 15) is 13.2 Å². The third-order valence-corrected chi connectivity index (χ3v) is 8.01. The SMILES string of the molecule is Cc1ccc(S(=O)(=O)N[C@@H](Cc2c[nH]c3ccccc23)C(=O)Nc2nc3ccccc3s2)cc1. The first-order valence-electron chi connectivity index (χ1n) is 10.7. The van der Waals surface area contributed by atoms with Gasteiger partial charge in [0, 0.05) is 17.1 Å². The minimum Gasteiger partial charge on any atom is -0.361 e. The second-order valence-electron chi connectivity index (χ2n) is 8.03. The number of amides is 1. The highest BCUT2D eigenvalue weighted by atomic mass is 32.2. The van der Waals surface area contributed by atoms with Crippen molar-refractivity contribution in [3.8, 4) is 0 Å². The molecule has 5 rings (SSSR count). The number of carbonyl (C=O) groups excluding carboxylic acids is 1. The Morgan fingerprint density at radius 3 is 2.56 bits per heavy atom. The molecular formula is C25H22N4O3S2. The number of aromatic amines is 1. The largest absolute Gasteiger partial charge is 0.361 e. The van der Waals surface area contributed by atoms with Crippen molar-refractivity contribution in [1.29, 1.82) is 0 Å². The van der Waals surface area contributed by atoms with Crippen molar-refractivity contribution in [2.24, 2.45) is 0 Å². The van der Waals surface area contributed by atoms with E-state index in [2.05, 4.69) is 20.0 Å². The molecule has 3 N–H and O–H groups in total. The molecule has 0 radical (unpaired) electrons. The molecular weight excluding hydrogens is 468 g/mol. The molecule has 0 aliphatic rings. The normalized spacial score (nSPS) is 12.7. The van der Waals surface area contributed by atoms with Crippen LogP contribution in [0.4, 0.5) is 5.13 Å². The second-order valence-corrected chi connectivity index (χ2v) is 10.8. The Balaban J connectivity index is 1.46. The van der Waals surface area contributed by atoms with Crippen LogP contribution in [0.15, 0.2) is 83.9 Å². The van der Waals surface area contributed by atoms with E-state index in [0.717, 1.165) is 32.2 Å². The van der Waals surface area contributed by atoms with Crippen LogP contribution in [0.3, 0.4) is 0 Å². The predicted molar refractivity (Wildman–Crippen MR) is 136 cm³/mol. The van der Waals surface area contributed by atoms with Gasteiger partial charge in [0.25, 0.3) is 0 Å². The summed E-state index contributed by atoms with van der Waals surface area (Å²) >= 11 is 1.34. The highest BCUT2D eigenvalue weighted by molar-refractivity contribution is 7.89. The average molecular weight is 491 g/mol. The lowest BCUT2D eigenvalue weighted by Gasteiger charge is -2.18. The van der Waals surface area contributed by atoms with Gasteiger partial charge in [-0.15, -0.1) is 0 Å². The van der Waals surface area contributed by atoms with Crippen LogP contribution in [-0.4, -0.2) is 30.3 Å². The number of hydrogen-bond donors (Lipinski definition) is 3. The van der Waals surface area contributed by atoms with Gasteiger partial charge in [0.1, 0.15) is 6.04 Å². The Labute approximate surface area is 200 Å². The molecule has 1 atom stereocenters. The fraction of sp³-hybridized carbons (Fsp3) is 0.120. The van der Waals surface area contributed by atoms with Gasteiger partial charge in [-0.25, -0.2) is 13.4 Å². The molecule has 0 saturated heterocycles. The van der Waals surface area contributed by atoms with Crippen molar-refractivity contribution < 1.29 is 13.2 Å². The Morgan fingerprint density at radius 2 is 1.76 bits per heavy atom. The second kappa shape index (κ2) is 9.02. The Morgan fingerprint density at radius 1 is 1.03 bits per heavy atom. The van der Waals surface area contributed by atoms with Crippen molar-refractivity contribution in [3.63, 3.8) is 0 Å². The zero-order chi connectivity index (χ0) is 23.7. The summed E-state index contributed by atoms with van der Waals surface area (Å²) in [5.41, 5.74) is 3.48. The fourth-order valence-corrected chi connectivity index (χ4v) is 5.86. The Kier molecular flexibility index (Phi) is 5.91. The quantitative estimate of drug-likeness (QED) is 0.310. The molecule has 0 fully saturated rings. The van der Waals surface area contributed by atoms with Crippen molar-refractivity contribution in [1.82, 2.24) is 14.7 Å². The predicted octanol–water partition coefficient (Wildman–Crippen LogP) is 4.61.